The van der Waals surface area contributed by atoms with Crippen LogP contribution in [0.25, 0.3) is 5.95 Å². The molecule has 0 bridgehead atoms. The van der Waals surface area contributed by atoms with E-state index in [1.807, 2.05) is 11.8 Å². The Hall–Kier alpha value is -1.90. The molecule has 0 spiro atoms. The molecular weight excluding hydrogens is 288 g/mol. The zero-order valence-corrected chi connectivity index (χ0v) is 12.6. The van der Waals surface area contributed by atoms with Crippen LogP contribution in [0, 0.1) is 0 Å². The molecule has 2 atom stereocenters. The van der Waals surface area contributed by atoms with Crippen molar-refractivity contribution in [2.75, 3.05) is 17.3 Å². The lowest BCUT2D eigenvalue weighted by molar-refractivity contribution is 0.473. The summed E-state index contributed by atoms with van der Waals surface area (Å²) < 4.78 is 1.47. The number of nitrogens with two attached hydrogens (primary N) is 1. The fourth-order valence-corrected chi connectivity index (χ4v) is 3.50. The highest BCUT2D eigenvalue weighted by atomic mass is 32.2. The van der Waals surface area contributed by atoms with Crippen LogP contribution in [0.2, 0.25) is 0 Å². The molecule has 0 radical (unpaired) electrons. The normalized spacial score (nSPS) is 22.1. The predicted octanol–water partition coefficient (Wildman–Crippen LogP) is 1.12. The third kappa shape index (κ3) is 3.23. The van der Waals surface area contributed by atoms with E-state index in [-0.39, 0.29) is 5.95 Å². The molecule has 3 rings (SSSR count). The second-order valence-corrected chi connectivity index (χ2v) is 6.04. The highest BCUT2D eigenvalue weighted by Gasteiger charge is 2.25. The Morgan fingerprint density at radius 3 is 2.90 bits per heavy atom. The van der Waals surface area contributed by atoms with Crippen LogP contribution >= 0.6 is 11.8 Å². The minimum Gasteiger partial charge on any atom is -0.368 e. The van der Waals surface area contributed by atoms with Gasteiger partial charge in [-0.15, -0.1) is 0 Å². The molecule has 3 N–H and O–H groups in total. The van der Waals surface area contributed by atoms with Crippen LogP contribution in [0.15, 0.2) is 12.7 Å². The lowest BCUT2D eigenvalue weighted by Crippen LogP contribution is -2.35. The Morgan fingerprint density at radius 1 is 1.29 bits per heavy atom. The van der Waals surface area contributed by atoms with Crippen LogP contribution in [-0.4, -0.2) is 47.3 Å². The second kappa shape index (κ2) is 6.25. The average molecular weight is 306 g/mol. The number of anilines is 2. The third-order valence-corrected chi connectivity index (χ3v) is 4.75. The van der Waals surface area contributed by atoms with Crippen LogP contribution in [0.4, 0.5) is 11.9 Å². The summed E-state index contributed by atoms with van der Waals surface area (Å²) in [4.78, 5) is 16.5. The van der Waals surface area contributed by atoms with E-state index in [2.05, 4.69) is 36.6 Å². The van der Waals surface area contributed by atoms with E-state index < -0.39 is 0 Å². The zero-order chi connectivity index (χ0) is 14.7. The fourth-order valence-electron chi connectivity index (χ4n) is 2.57. The lowest BCUT2D eigenvalue weighted by Gasteiger charge is -2.30. The van der Waals surface area contributed by atoms with Crippen molar-refractivity contribution in [3.63, 3.8) is 0 Å². The molecule has 112 valence electrons. The summed E-state index contributed by atoms with van der Waals surface area (Å²) >= 11 is 1.89. The first-order chi connectivity index (χ1) is 10.3. The smallest absolute Gasteiger partial charge is 0.258 e. The molecule has 1 fully saturated rings. The monoisotopic (exact) mass is 306 g/mol. The van der Waals surface area contributed by atoms with Gasteiger partial charge in [0, 0.05) is 11.3 Å². The van der Waals surface area contributed by atoms with Crippen LogP contribution in [-0.2, 0) is 0 Å². The highest BCUT2D eigenvalue weighted by Crippen LogP contribution is 2.28. The molecule has 2 heterocycles. The van der Waals surface area contributed by atoms with Gasteiger partial charge in [0.1, 0.15) is 12.7 Å². The maximum absolute atomic E-state index is 5.77. The number of rotatable bonds is 4. The molecule has 0 aliphatic heterocycles. The van der Waals surface area contributed by atoms with Crippen LogP contribution in [0.1, 0.15) is 25.7 Å². The van der Waals surface area contributed by atoms with E-state index in [4.69, 9.17) is 5.73 Å². The van der Waals surface area contributed by atoms with Gasteiger partial charge in [-0.05, 0) is 19.1 Å². The van der Waals surface area contributed by atoms with E-state index in [0.29, 0.717) is 23.2 Å². The van der Waals surface area contributed by atoms with E-state index in [9.17, 15) is 0 Å². The maximum Gasteiger partial charge on any atom is 0.258 e. The molecule has 1 aliphatic rings. The van der Waals surface area contributed by atoms with Crippen molar-refractivity contribution in [1.29, 1.82) is 0 Å². The summed E-state index contributed by atoms with van der Waals surface area (Å²) in [5, 5.41) is 7.99. The van der Waals surface area contributed by atoms with E-state index in [1.54, 1.807) is 0 Å². The van der Waals surface area contributed by atoms with Crippen molar-refractivity contribution < 1.29 is 0 Å². The van der Waals surface area contributed by atoms with Crippen LogP contribution in [0.5, 0.6) is 0 Å². The molecule has 0 saturated heterocycles. The van der Waals surface area contributed by atoms with Gasteiger partial charge in [-0.2, -0.15) is 36.5 Å². The molecule has 1 saturated carbocycles. The average Bonchev–Trinajstić information content (AvgIpc) is 3.01. The van der Waals surface area contributed by atoms with Crippen molar-refractivity contribution in [3.05, 3.63) is 12.7 Å². The quantitative estimate of drug-likeness (QED) is 0.865. The maximum atomic E-state index is 5.77. The Kier molecular flexibility index (Phi) is 4.18. The summed E-state index contributed by atoms with van der Waals surface area (Å²) in [6.45, 7) is 0. The predicted molar refractivity (Wildman–Crippen MR) is 82.3 cm³/mol. The zero-order valence-electron chi connectivity index (χ0n) is 11.8. The number of hydrogen-bond acceptors (Lipinski definition) is 8. The largest absolute Gasteiger partial charge is 0.368 e. The van der Waals surface area contributed by atoms with Crippen LogP contribution < -0.4 is 11.1 Å². The van der Waals surface area contributed by atoms with Gasteiger partial charge < -0.3 is 11.1 Å². The molecule has 2 aromatic heterocycles. The van der Waals surface area contributed by atoms with E-state index in [1.165, 1.54) is 36.6 Å². The first-order valence-corrected chi connectivity index (χ1v) is 8.21. The third-order valence-electron chi connectivity index (χ3n) is 3.58. The molecule has 8 nitrogen and oxygen atoms in total. The van der Waals surface area contributed by atoms with Gasteiger partial charge in [0.05, 0.1) is 0 Å². The topological polar surface area (TPSA) is 107 Å². The van der Waals surface area contributed by atoms with Gasteiger partial charge >= 0.3 is 0 Å². The first-order valence-electron chi connectivity index (χ1n) is 6.92. The van der Waals surface area contributed by atoms with Gasteiger partial charge in [0.2, 0.25) is 11.9 Å². The van der Waals surface area contributed by atoms with Gasteiger partial charge in [-0.1, -0.05) is 12.8 Å². The highest BCUT2D eigenvalue weighted by molar-refractivity contribution is 7.99. The number of aromatic nitrogens is 6. The number of hydrogen-bond donors (Lipinski definition) is 2. The fraction of sp³-hybridized carbons (Fsp3) is 0.583. The summed E-state index contributed by atoms with van der Waals surface area (Å²) in [6, 6.07) is 0.360. The van der Waals surface area contributed by atoms with Crippen molar-refractivity contribution >= 4 is 23.7 Å². The second-order valence-electron chi connectivity index (χ2n) is 4.97. The Labute approximate surface area is 127 Å². The molecule has 9 heteroatoms. The van der Waals surface area contributed by atoms with E-state index >= 15 is 0 Å². The number of nitrogen functional groups attached to an aromatic ring is 1. The molecule has 2 unspecified atom stereocenters. The number of thioether (sulfide) groups is 1. The summed E-state index contributed by atoms with van der Waals surface area (Å²) in [7, 11) is 0. The van der Waals surface area contributed by atoms with Gasteiger partial charge in [0.15, 0.2) is 0 Å². The molecule has 21 heavy (non-hydrogen) atoms. The summed E-state index contributed by atoms with van der Waals surface area (Å²) in [5.74, 6) is 1.05. The lowest BCUT2D eigenvalue weighted by atomic mass is 9.95. The molecule has 2 aromatic rings. The van der Waals surface area contributed by atoms with Crippen molar-refractivity contribution in [2.24, 2.45) is 0 Å². The molecule has 0 amide bonds. The standard InChI is InChI=1S/C12H18N8S/c1-21-9-5-3-2-4-8(9)16-11-17-10(13)18-12(19-11)20-7-14-6-15-20/h6-9H,2-5H2,1H3,(H3,13,16,17,18,19). The van der Waals surface area contributed by atoms with Crippen molar-refractivity contribution in [1.82, 2.24) is 29.7 Å². The molecular formula is C12H18N8S. The Balaban J connectivity index is 1.82. The molecule has 0 aromatic carbocycles. The number of nitrogens with one attached hydrogen (secondary N) is 1. The van der Waals surface area contributed by atoms with Gasteiger partial charge in [-0.3, -0.25) is 0 Å². The van der Waals surface area contributed by atoms with Gasteiger partial charge in [-0.25, -0.2) is 4.98 Å². The van der Waals surface area contributed by atoms with Gasteiger partial charge in [0.25, 0.3) is 5.95 Å². The Bertz CT molecular complexity index is 587. The van der Waals surface area contributed by atoms with Crippen molar-refractivity contribution in [2.45, 2.75) is 37.0 Å². The SMILES string of the molecule is CSC1CCCCC1Nc1nc(N)nc(-n2cncn2)n1. The first kappa shape index (κ1) is 14.1. The summed E-state index contributed by atoms with van der Waals surface area (Å²) in [5.41, 5.74) is 5.77. The Morgan fingerprint density at radius 2 is 2.14 bits per heavy atom. The van der Waals surface area contributed by atoms with Crippen molar-refractivity contribution in [3.8, 4) is 5.95 Å². The summed E-state index contributed by atoms with van der Waals surface area (Å²) in [6.07, 6.45) is 9.96. The number of nitrogens with zero attached hydrogens (tertiary/aromatic N) is 6. The van der Waals surface area contributed by atoms with Crippen LogP contribution in [0.3, 0.4) is 0 Å². The molecule has 1 aliphatic carbocycles. The van der Waals surface area contributed by atoms with E-state index in [0.717, 1.165) is 6.42 Å². The minimum atomic E-state index is 0.175. The minimum absolute atomic E-state index is 0.175.